The fourth-order valence-corrected chi connectivity index (χ4v) is 2.03. The first-order valence-electron chi connectivity index (χ1n) is 4.59. The van der Waals surface area contributed by atoms with Crippen molar-refractivity contribution < 1.29 is 9.18 Å². The maximum Gasteiger partial charge on any atom is 0.212 e. The maximum atomic E-state index is 12.9. The van der Waals surface area contributed by atoms with Crippen molar-refractivity contribution in [3.05, 3.63) is 63.2 Å². The Bertz CT molecular complexity index is 528. The van der Waals surface area contributed by atoms with Gasteiger partial charge in [0.1, 0.15) is 11.5 Å². The predicted molar refractivity (Wildman–Crippen MR) is 66.8 cm³/mol. The Morgan fingerprint density at radius 3 is 2.69 bits per heavy atom. The number of hydrogen-bond acceptors (Lipinski definition) is 2. The van der Waals surface area contributed by atoms with Crippen LogP contribution in [-0.4, -0.2) is 10.8 Å². The van der Waals surface area contributed by atoms with Crippen LogP contribution >= 0.6 is 22.6 Å². The van der Waals surface area contributed by atoms with Crippen LogP contribution in [0.3, 0.4) is 0 Å². The van der Waals surface area contributed by atoms with Gasteiger partial charge in [-0.15, -0.1) is 0 Å². The first-order chi connectivity index (χ1) is 7.68. The summed E-state index contributed by atoms with van der Waals surface area (Å²) in [5.74, 6) is -0.535. The third-order valence-corrected chi connectivity index (χ3v) is 2.97. The Morgan fingerprint density at radius 2 is 2.06 bits per heavy atom. The second-order valence-corrected chi connectivity index (χ2v) is 4.33. The molecular formula is C12H7FINO. The van der Waals surface area contributed by atoms with E-state index in [-0.39, 0.29) is 11.6 Å². The Hall–Kier alpha value is -1.30. The number of benzene rings is 1. The summed E-state index contributed by atoms with van der Waals surface area (Å²) in [6, 6.07) is 9.22. The van der Waals surface area contributed by atoms with Gasteiger partial charge in [-0.25, -0.2) is 4.39 Å². The largest absolute Gasteiger partial charge is 0.287 e. The normalized spacial score (nSPS) is 10.1. The molecule has 0 aliphatic heterocycles. The molecule has 0 unspecified atom stereocenters. The average Bonchev–Trinajstić information content (AvgIpc) is 2.29. The lowest BCUT2D eigenvalue weighted by molar-refractivity contribution is 0.103. The van der Waals surface area contributed by atoms with Crippen molar-refractivity contribution in [2.24, 2.45) is 0 Å². The minimum absolute atomic E-state index is 0.190. The molecular weight excluding hydrogens is 320 g/mol. The number of pyridine rings is 1. The summed E-state index contributed by atoms with van der Waals surface area (Å²) in [4.78, 5) is 16.0. The number of carbonyl (C=O) groups excluding carboxylic acids is 1. The van der Waals surface area contributed by atoms with Crippen molar-refractivity contribution in [3.8, 4) is 0 Å². The number of halogens is 2. The third kappa shape index (κ3) is 2.27. The number of carbonyl (C=O) groups is 1. The lowest BCUT2D eigenvalue weighted by atomic mass is 10.1. The van der Waals surface area contributed by atoms with Gasteiger partial charge in [-0.05, 0) is 52.9 Å². The fourth-order valence-electron chi connectivity index (χ4n) is 1.31. The first kappa shape index (κ1) is 11.2. The molecule has 2 rings (SSSR count). The smallest absolute Gasteiger partial charge is 0.212 e. The summed E-state index contributed by atoms with van der Waals surface area (Å²) in [5, 5.41) is 0. The molecule has 16 heavy (non-hydrogen) atoms. The molecule has 1 aromatic heterocycles. The van der Waals surface area contributed by atoms with E-state index >= 15 is 0 Å². The second kappa shape index (κ2) is 4.69. The van der Waals surface area contributed by atoms with Gasteiger partial charge in [0.05, 0.1) is 0 Å². The van der Waals surface area contributed by atoms with E-state index in [4.69, 9.17) is 0 Å². The first-order valence-corrected chi connectivity index (χ1v) is 5.67. The maximum absolute atomic E-state index is 12.9. The summed E-state index contributed by atoms with van der Waals surface area (Å²) in [6.45, 7) is 0. The van der Waals surface area contributed by atoms with Crippen LogP contribution in [0, 0.1) is 9.39 Å². The van der Waals surface area contributed by atoms with Crippen molar-refractivity contribution in [2.45, 2.75) is 0 Å². The molecule has 0 spiro atoms. The molecule has 4 heteroatoms. The Morgan fingerprint density at radius 1 is 1.25 bits per heavy atom. The molecule has 1 aromatic carbocycles. The lowest BCUT2D eigenvalue weighted by Crippen LogP contribution is -2.05. The monoisotopic (exact) mass is 327 g/mol. The molecule has 0 amide bonds. The molecule has 0 saturated carbocycles. The summed E-state index contributed by atoms with van der Waals surface area (Å²) < 4.78 is 13.5. The van der Waals surface area contributed by atoms with Gasteiger partial charge in [0.15, 0.2) is 0 Å². The molecule has 0 saturated heterocycles. The summed E-state index contributed by atoms with van der Waals surface area (Å²) in [7, 11) is 0. The predicted octanol–water partition coefficient (Wildman–Crippen LogP) is 3.06. The molecule has 0 radical (unpaired) electrons. The van der Waals surface area contributed by atoms with Gasteiger partial charge in [0.2, 0.25) is 5.78 Å². The molecule has 1 heterocycles. The van der Waals surface area contributed by atoms with Gasteiger partial charge in [-0.1, -0.05) is 6.07 Å². The third-order valence-electron chi connectivity index (χ3n) is 2.07. The zero-order valence-electron chi connectivity index (χ0n) is 8.15. The van der Waals surface area contributed by atoms with E-state index in [1.165, 1.54) is 18.2 Å². The average molecular weight is 327 g/mol. The molecule has 2 aromatic rings. The van der Waals surface area contributed by atoms with Crippen LogP contribution in [0.25, 0.3) is 0 Å². The van der Waals surface area contributed by atoms with Crippen LogP contribution in [-0.2, 0) is 0 Å². The Kier molecular flexibility index (Phi) is 3.28. The van der Waals surface area contributed by atoms with Crippen molar-refractivity contribution in [1.29, 1.82) is 0 Å². The minimum Gasteiger partial charge on any atom is -0.287 e. The van der Waals surface area contributed by atoms with Crippen LogP contribution in [0.15, 0.2) is 42.6 Å². The van der Waals surface area contributed by atoms with Gasteiger partial charge < -0.3 is 0 Å². The highest BCUT2D eigenvalue weighted by molar-refractivity contribution is 14.1. The quantitative estimate of drug-likeness (QED) is 0.627. The molecule has 0 aliphatic carbocycles. The van der Waals surface area contributed by atoms with Crippen LogP contribution in [0.5, 0.6) is 0 Å². The Balaban J connectivity index is 2.42. The molecule has 0 atom stereocenters. The van der Waals surface area contributed by atoms with E-state index in [1.54, 1.807) is 24.4 Å². The molecule has 0 bridgehead atoms. The van der Waals surface area contributed by atoms with E-state index in [1.807, 2.05) is 22.6 Å². The summed E-state index contributed by atoms with van der Waals surface area (Å²) in [6.07, 6.45) is 1.56. The zero-order chi connectivity index (χ0) is 11.5. The van der Waals surface area contributed by atoms with Gasteiger partial charge >= 0.3 is 0 Å². The van der Waals surface area contributed by atoms with E-state index in [9.17, 15) is 9.18 Å². The lowest BCUT2D eigenvalue weighted by Gasteiger charge is -2.02. The van der Waals surface area contributed by atoms with Crippen LogP contribution in [0.2, 0.25) is 0 Å². The molecule has 80 valence electrons. The van der Waals surface area contributed by atoms with E-state index in [0.29, 0.717) is 14.8 Å². The van der Waals surface area contributed by atoms with E-state index < -0.39 is 0 Å². The van der Waals surface area contributed by atoms with Crippen molar-refractivity contribution in [1.82, 2.24) is 4.98 Å². The fraction of sp³-hybridized carbons (Fsp3) is 0. The zero-order valence-corrected chi connectivity index (χ0v) is 10.3. The number of nitrogens with zero attached hydrogens (tertiary/aromatic N) is 1. The van der Waals surface area contributed by atoms with E-state index in [2.05, 4.69) is 4.98 Å². The number of rotatable bonds is 2. The molecule has 2 nitrogen and oxygen atoms in total. The number of hydrogen-bond donors (Lipinski definition) is 0. The SMILES string of the molecule is O=C(c1ccccn1)c1ccc(F)cc1I. The van der Waals surface area contributed by atoms with Crippen molar-refractivity contribution in [2.75, 3.05) is 0 Å². The van der Waals surface area contributed by atoms with Crippen LogP contribution in [0.1, 0.15) is 16.1 Å². The second-order valence-electron chi connectivity index (χ2n) is 3.17. The number of aromatic nitrogens is 1. The molecule has 0 aliphatic rings. The molecule has 0 N–H and O–H groups in total. The van der Waals surface area contributed by atoms with Gasteiger partial charge in [-0.2, -0.15) is 0 Å². The standard InChI is InChI=1S/C12H7FINO/c13-8-4-5-9(10(14)7-8)12(16)11-3-1-2-6-15-11/h1-7H. The van der Waals surface area contributed by atoms with Gasteiger partial charge in [0, 0.05) is 15.3 Å². The molecule has 0 fully saturated rings. The van der Waals surface area contributed by atoms with Crippen molar-refractivity contribution >= 4 is 28.4 Å². The van der Waals surface area contributed by atoms with Gasteiger partial charge in [0.25, 0.3) is 0 Å². The summed E-state index contributed by atoms with van der Waals surface area (Å²) >= 11 is 1.94. The highest BCUT2D eigenvalue weighted by atomic mass is 127. The van der Waals surface area contributed by atoms with Crippen LogP contribution < -0.4 is 0 Å². The summed E-state index contributed by atoms with van der Waals surface area (Å²) in [5.41, 5.74) is 0.840. The number of ketones is 1. The van der Waals surface area contributed by atoms with Gasteiger partial charge in [-0.3, -0.25) is 9.78 Å². The topological polar surface area (TPSA) is 30.0 Å². The van der Waals surface area contributed by atoms with Crippen molar-refractivity contribution in [3.63, 3.8) is 0 Å². The highest BCUT2D eigenvalue weighted by Crippen LogP contribution is 2.16. The van der Waals surface area contributed by atoms with E-state index in [0.717, 1.165) is 0 Å². The van der Waals surface area contributed by atoms with Crippen LogP contribution in [0.4, 0.5) is 4.39 Å². The Labute approximate surface area is 106 Å². The highest BCUT2D eigenvalue weighted by Gasteiger charge is 2.13. The minimum atomic E-state index is -0.345.